The zero-order chi connectivity index (χ0) is 29.5. The fourth-order valence-corrected chi connectivity index (χ4v) is 7.32. The largest absolute Gasteiger partial charge is 0.455 e. The Hall–Kier alpha value is -6.06. The van der Waals surface area contributed by atoms with Crippen molar-refractivity contribution in [2.45, 2.75) is 0 Å². The first-order valence-corrected chi connectivity index (χ1v) is 15.4. The number of benzene rings is 7. The Morgan fingerprint density at radius 1 is 0.356 bits per heavy atom. The average Bonchev–Trinajstić information content (AvgIpc) is 3.76. The summed E-state index contributed by atoms with van der Waals surface area (Å²) in [6.45, 7) is 0. The van der Waals surface area contributed by atoms with Gasteiger partial charge in [-0.15, -0.1) is 0 Å². The number of hydrogen-bond acceptors (Lipinski definition) is 1. The molecule has 10 rings (SSSR count). The highest BCUT2D eigenvalue weighted by Gasteiger charge is 2.20. The van der Waals surface area contributed by atoms with Crippen molar-refractivity contribution in [1.29, 1.82) is 0 Å². The van der Waals surface area contributed by atoms with Crippen LogP contribution in [0.4, 0.5) is 0 Å². The van der Waals surface area contributed by atoms with Crippen LogP contribution in [0.5, 0.6) is 0 Å². The van der Waals surface area contributed by atoms with Crippen molar-refractivity contribution >= 4 is 65.6 Å². The lowest BCUT2D eigenvalue weighted by molar-refractivity contribution is 0.673. The second-order valence-corrected chi connectivity index (χ2v) is 11.8. The Morgan fingerprint density at radius 2 is 0.933 bits per heavy atom. The fraction of sp³-hybridized carbons (Fsp3) is 0. The van der Waals surface area contributed by atoms with Crippen LogP contribution in [0, 0.1) is 0 Å². The van der Waals surface area contributed by atoms with Gasteiger partial charge in [0.25, 0.3) is 0 Å². The van der Waals surface area contributed by atoms with Gasteiger partial charge in [0.2, 0.25) is 0 Å². The van der Waals surface area contributed by atoms with Crippen molar-refractivity contribution in [2.75, 3.05) is 0 Å². The van der Waals surface area contributed by atoms with Gasteiger partial charge in [0.1, 0.15) is 11.2 Å². The van der Waals surface area contributed by atoms with E-state index in [1.54, 1.807) is 0 Å². The van der Waals surface area contributed by atoms with E-state index in [4.69, 9.17) is 4.42 Å². The molecule has 0 atom stereocenters. The van der Waals surface area contributed by atoms with Crippen LogP contribution in [-0.4, -0.2) is 9.13 Å². The molecular weight excluding hydrogens is 548 g/mol. The summed E-state index contributed by atoms with van der Waals surface area (Å²) in [5.74, 6) is 0. The molecule has 0 radical (unpaired) electrons. The second kappa shape index (κ2) is 9.22. The Bertz CT molecular complexity index is 2690. The minimum Gasteiger partial charge on any atom is -0.455 e. The monoisotopic (exact) mass is 574 g/mol. The molecule has 0 aliphatic heterocycles. The minimum absolute atomic E-state index is 0.912. The molecule has 0 unspecified atom stereocenters. The molecule has 0 fully saturated rings. The normalized spacial score (nSPS) is 12.0. The molecule has 3 heterocycles. The number of rotatable bonds is 3. The standard InChI is InChI=1S/C42H26N2O/c1-2-10-27(11-3-1)28-18-20-29(21-19-28)43-38-25-24-34-33-14-6-9-17-40(33)45-42(34)41(38)35-23-22-30(26-39(35)43)44-36-15-7-4-12-31(36)32-13-5-8-16-37(32)44/h1-26H. The number of para-hydroxylation sites is 3. The molecule has 45 heavy (non-hydrogen) atoms. The molecule has 0 saturated carbocycles. The van der Waals surface area contributed by atoms with E-state index in [1.807, 2.05) is 6.07 Å². The van der Waals surface area contributed by atoms with E-state index in [0.717, 1.165) is 49.7 Å². The molecule has 0 aliphatic rings. The lowest BCUT2D eigenvalue weighted by Crippen LogP contribution is -1.97. The second-order valence-electron chi connectivity index (χ2n) is 11.8. The van der Waals surface area contributed by atoms with Crippen LogP contribution in [0.1, 0.15) is 0 Å². The van der Waals surface area contributed by atoms with E-state index in [0.29, 0.717) is 0 Å². The first-order chi connectivity index (χ1) is 22.3. The van der Waals surface area contributed by atoms with Crippen molar-refractivity contribution in [3.63, 3.8) is 0 Å². The van der Waals surface area contributed by atoms with Crippen molar-refractivity contribution in [2.24, 2.45) is 0 Å². The van der Waals surface area contributed by atoms with Crippen molar-refractivity contribution in [3.8, 4) is 22.5 Å². The number of nitrogens with zero attached hydrogens (tertiary/aromatic N) is 2. The van der Waals surface area contributed by atoms with E-state index < -0.39 is 0 Å². The SMILES string of the molecule is c1ccc(-c2ccc(-n3c4cc(-n5c6ccccc6c6ccccc65)ccc4c4c5oc6ccccc6c5ccc43)cc2)cc1. The van der Waals surface area contributed by atoms with Gasteiger partial charge in [0, 0.05) is 38.3 Å². The molecule has 0 bridgehead atoms. The van der Waals surface area contributed by atoms with Crippen LogP contribution in [0.25, 0.3) is 88.1 Å². The maximum atomic E-state index is 6.60. The molecule has 3 nitrogen and oxygen atoms in total. The summed E-state index contributed by atoms with van der Waals surface area (Å²) in [6.07, 6.45) is 0. The van der Waals surface area contributed by atoms with Gasteiger partial charge in [-0.05, 0) is 71.8 Å². The smallest absolute Gasteiger partial charge is 0.145 e. The Kier molecular flexibility index (Phi) is 5.00. The van der Waals surface area contributed by atoms with Gasteiger partial charge >= 0.3 is 0 Å². The Balaban J connectivity index is 1.30. The van der Waals surface area contributed by atoms with E-state index in [2.05, 4.69) is 161 Å². The summed E-state index contributed by atoms with van der Waals surface area (Å²) in [5.41, 5.74) is 11.2. The number of furan rings is 1. The minimum atomic E-state index is 0.912. The maximum Gasteiger partial charge on any atom is 0.145 e. The summed E-state index contributed by atoms with van der Waals surface area (Å²) < 4.78 is 11.4. The van der Waals surface area contributed by atoms with Gasteiger partial charge in [-0.2, -0.15) is 0 Å². The van der Waals surface area contributed by atoms with Gasteiger partial charge < -0.3 is 13.6 Å². The van der Waals surface area contributed by atoms with Crippen molar-refractivity contribution in [1.82, 2.24) is 9.13 Å². The third-order valence-electron chi connectivity index (χ3n) is 9.33. The number of fused-ring (bicyclic) bond motifs is 10. The number of aromatic nitrogens is 2. The van der Waals surface area contributed by atoms with Crippen LogP contribution in [0.3, 0.4) is 0 Å². The highest BCUT2D eigenvalue weighted by atomic mass is 16.3. The van der Waals surface area contributed by atoms with Crippen LogP contribution < -0.4 is 0 Å². The Morgan fingerprint density at radius 3 is 1.69 bits per heavy atom. The zero-order valence-electron chi connectivity index (χ0n) is 24.3. The zero-order valence-corrected chi connectivity index (χ0v) is 24.3. The molecule has 0 saturated heterocycles. The quantitative estimate of drug-likeness (QED) is 0.206. The predicted octanol–water partition coefficient (Wildman–Crippen LogP) is 11.4. The fourth-order valence-electron chi connectivity index (χ4n) is 7.32. The van der Waals surface area contributed by atoms with E-state index >= 15 is 0 Å². The van der Waals surface area contributed by atoms with Gasteiger partial charge in [0.15, 0.2) is 0 Å². The van der Waals surface area contributed by atoms with Crippen LogP contribution >= 0.6 is 0 Å². The van der Waals surface area contributed by atoms with Gasteiger partial charge in [-0.3, -0.25) is 0 Å². The van der Waals surface area contributed by atoms with Crippen molar-refractivity contribution in [3.05, 3.63) is 158 Å². The first-order valence-electron chi connectivity index (χ1n) is 15.4. The summed E-state index contributed by atoms with van der Waals surface area (Å²) in [4.78, 5) is 0. The summed E-state index contributed by atoms with van der Waals surface area (Å²) >= 11 is 0. The van der Waals surface area contributed by atoms with Crippen LogP contribution in [0.2, 0.25) is 0 Å². The average molecular weight is 575 g/mol. The molecular formula is C42H26N2O. The molecule has 10 aromatic rings. The third kappa shape index (κ3) is 3.46. The third-order valence-corrected chi connectivity index (χ3v) is 9.33. The maximum absolute atomic E-state index is 6.60. The topological polar surface area (TPSA) is 23.0 Å². The molecule has 0 aliphatic carbocycles. The summed E-state index contributed by atoms with van der Waals surface area (Å²) in [5, 5.41) is 7.11. The number of hydrogen-bond donors (Lipinski definition) is 0. The van der Waals surface area contributed by atoms with Crippen LogP contribution in [0.15, 0.2) is 162 Å². The molecule has 210 valence electrons. The molecule has 0 N–H and O–H groups in total. The first kappa shape index (κ1) is 24.4. The molecule has 0 amide bonds. The molecule has 3 heteroatoms. The summed E-state index contributed by atoms with van der Waals surface area (Å²) in [7, 11) is 0. The van der Waals surface area contributed by atoms with Gasteiger partial charge in [-0.1, -0.05) is 97.1 Å². The summed E-state index contributed by atoms with van der Waals surface area (Å²) in [6, 6.07) is 56.5. The lowest BCUT2D eigenvalue weighted by atomic mass is 10.1. The highest BCUT2D eigenvalue weighted by molar-refractivity contribution is 6.24. The lowest BCUT2D eigenvalue weighted by Gasteiger charge is -2.12. The van der Waals surface area contributed by atoms with E-state index in [9.17, 15) is 0 Å². The highest BCUT2D eigenvalue weighted by Crippen LogP contribution is 2.42. The van der Waals surface area contributed by atoms with Crippen LogP contribution in [-0.2, 0) is 0 Å². The van der Waals surface area contributed by atoms with Gasteiger partial charge in [0.05, 0.1) is 27.5 Å². The molecule has 7 aromatic carbocycles. The van der Waals surface area contributed by atoms with E-state index in [-0.39, 0.29) is 0 Å². The van der Waals surface area contributed by atoms with E-state index in [1.165, 1.54) is 38.3 Å². The molecule has 3 aromatic heterocycles. The Labute approximate surface area is 258 Å². The van der Waals surface area contributed by atoms with Gasteiger partial charge in [-0.25, -0.2) is 0 Å². The predicted molar refractivity (Wildman–Crippen MR) is 188 cm³/mol. The molecule has 0 spiro atoms. The van der Waals surface area contributed by atoms with Crippen molar-refractivity contribution < 1.29 is 4.42 Å².